The van der Waals surface area contributed by atoms with Crippen molar-refractivity contribution >= 4 is 23.7 Å². The summed E-state index contributed by atoms with van der Waals surface area (Å²) >= 11 is 0. The third kappa shape index (κ3) is 4.91. The first-order valence-corrected chi connectivity index (χ1v) is 10.2. The van der Waals surface area contributed by atoms with E-state index in [0.29, 0.717) is 24.4 Å². The summed E-state index contributed by atoms with van der Waals surface area (Å²) in [4.78, 5) is 22.7. The van der Waals surface area contributed by atoms with Crippen molar-refractivity contribution in [3.05, 3.63) is 47.3 Å². The fourth-order valence-corrected chi connectivity index (χ4v) is 3.39. The largest absolute Gasteiger partial charge is 0.348 e. The fourth-order valence-electron chi connectivity index (χ4n) is 3.39. The van der Waals surface area contributed by atoms with Crippen molar-refractivity contribution in [3.63, 3.8) is 0 Å². The minimum Gasteiger partial charge on any atom is -0.348 e. The molecule has 1 unspecified atom stereocenters. The quantitative estimate of drug-likeness (QED) is 0.784. The smallest absolute Gasteiger partial charge is 0.234 e. The van der Waals surface area contributed by atoms with Gasteiger partial charge in [0.1, 0.15) is 11.7 Å². The number of aromatic nitrogens is 3. The number of likely N-dealkylation sites (N-methyl/N-ethyl adjacent to an activating group) is 1. The van der Waals surface area contributed by atoms with Crippen LogP contribution in [-0.4, -0.2) is 65.5 Å². The molecule has 2 aliphatic heterocycles. The van der Waals surface area contributed by atoms with Gasteiger partial charge in [-0.1, -0.05) is 12.1 Å². The molecule has 2 N–H and O–H groups in total. The number of anilines is 3. The minimum absolute atomic E-state index is 0.0906. The summed E-state index contributed by atoms with van der Waals surface area (Å²) in [7, 11) is 2.11. The van der Waals surface area contributed by atoms with Gasteiger partial charge in [0, 0.05) is 26.2 Å². The SMILES string of the molecule is CC1=CC(Nc2nc(NC(C)c3ccc(F)cc3)nc(N3CCN(C)CC3)n2)=NC1. The van der Waals surface area contributed by atoms with Crippen LogP contribution in [0.25, 0.3) is 0 Å². The van der Waals surface area contributed by atoms with Crippen molar-refractivity contribution in [2.75, 3.05) is 55.3 Å². The van der Waals surface area contributed by atoms with E-state index >= 15 is 0 Å². The first-order valence-electron chi connectivity index (χ1n) is 10.2. The summed E-state index contributed by atoms with van der Waals surface area (Å²) in [6, 6.07) is 6.34. The highest BCUT2D eigenvalue weighted by molar-refractivity contribution is 6.04. The minimum atomic E-state index is -0.254. The van der Waals surface area contributed by atoms with Crippen LogP contribution in [0.4, 0.5) is 22.2 Å². The van der Waals surface area contributed by atoms with Crippen molar-refractivity contribution < 1.29 is 4.39 Å². The van der Waals surface area contributed by atoms with Crippen molar-refractivity contribution in [1.82, 2.24) is 19.9 Å². The predicted octanol–water partition coefficient (Wildman–Crippen LogP) is 2.71. The van der Waals surface area contributed by atoms with Gasteiger partial charge in [-0.15, -0.1) is 0 Å². The molecule has 2 aliphatic rings. The highest BCUT2D eigenvalue weighted by Crippen LogP contribution is 2.21. The number of halogens is 1. The summed E-state index contributed by atoms with van der Waals surface area (Å²) in [6.07, 6.45) is 1.99. The summed E-state index contributed by atoms with van der Waals surface area (Å²) < 4.78 is 13.3. The first kappa shape index (κ1) is 20.2. The maximum atomic E-state index is 13.3. The molecule has 158 valence electrons. The van der Waals surface area contributed by atoms with E-state index in [1.54, 1.807) is 12.1 Å². The van der Waals surface area contributed by atoms with Crippen LogP contribution in [0.3, 0.4) is 0 Å². The van der Waals surface area contributed by atoms with Crippen LogP contribution >= 0.6 is 0 Å². The van der Waals surface area contributed by atoms with Gasteiger partial charge in [-0.2, -0.15) is 15.0 Å². The molecule has 2 aromatic rings. The molecule has 1 atom stereocenters. The van der Waals surface area contributed by atoms with E-state index in [4.69, 9.17) is 0 Å². The van der Waals surface area contributed by atoms with E-state index in [9.17, 15) is 4.39 Å². The Kier molecular flexibility index (Phi) is 5.89. The Bertz CT molecular complexity index is 948. The second kappa shape index (κ2) is 8.74. The molecule has 0 bridgehead atoms. The molecule has 8 nitrogen and oxygen atoms in total. The number of benzene rings is 1. The molecule has 9 heteroatoms. The predicted molar refractivity (Wildman–Crippen MR) is 118 cm³/mol. The molecular formula is C21H27FN8. The highest BCUT2D eigenvalue weighted by Gasteiger charge is 2.20. The van der Waals surface area contributed by atoms with Crippen molar-refractivity contribution in [3.8, 4) is 0 Å². The van der Waals surface area contributed by atoms with Crippen LogP contribution in [-0.2, 0) is 0 Å². The lowest BCUT2D eigenvalue weighted by atomic mass is 10.1. The average molecular weight is 411 g/mol. The van der Waals surface area contributed by atoms with E-state index in [-0.39, 0.29) is 11.9 Å². The molecule has 3 heterocycles. The third-order valence-electron chi connectivity index (χ3n) is 5.25. The van der Waals surface area contributed by atoms with Gasteiger partial charge in [0.2, 0.25) is 17.8 Å². The summed E-state index contributed by atoms with van der Waals surface area (Å²) in [5.74, 6) is 2.06. The van der Waals surface area contributed by atoms with Gasteiger partial charge in [-0.3, -0.25) is 4.99 Å². The molecule has 0 saturated carbocycles. The molecule has 30 heavy (non-hydrogen) atoms. The number of hydrogen-bond donors (Lipinski definition) is 2. The molecule has 0 spiro atoms. The normalized spacial score (nSPS) is 18.1. The average Bonchev–Trinajstić information content (AvgIpc) is 3.13. The van der Waals surface area contributed by atoms with Crippen molar-refractivity contribution in [1.29, 1.82) is 0 Å². The zero-order valence-electron chi connectivity index (χ0n) is 17.6. The fraction of sp³-hybridized carbons (Fsp3) is 0.429. The molecule has 1 aromatic carbocycles. The van der Waals surface area contributed by atoms with E-state index in [2.05, 4.69) is 47.4 Å². The molecule has 1 fully saturated rings. The van der Waals surface area contributed by atoms with Crippen LogP contribution < -0.4 is 15.5 Å². The summed E-state index contributed by atoms with van der Waals surface area (Å²) in [5, 5.41) is 6.53. The molecule has 0 radical (unpaired) electrons. The Morgan fingerprint density at radius 1 is 1.00 bits per heavy atom. The van der Waals surface area contributed by atoms with Gasteiger partial charge in [0.15, 0.2) is 0 Å². The molecule has 0 amide bonds. The first-order chi connectivity index (χ1) is 14.5. The second-order valence-corrected chi connectivity index (χ2v) is 7.81. The second-order valence-electron chi connectivity index (χ2n) is 7.81. The van der Waals surface area contributed by atoms with Gasteiger partial charge in [0.25, 0.3) is 0 Å². The van der Waals surface area contributed by atoms with Crippen molar-refractivity contribution in [2.24, 2.45) is 4.99 Å². The Hall–Kier alpha value is -3.07. The number of rotatable bonds is 5. The van der Waals surface area contributed by atoms with Crippen LogP contribution in [0.1, 0.15) is 25.5 Å². The Morgan fingerprint density at radius 3 is 2.37 bits per heavy atom. The number of piperazine rings is 1. The zero-order chi connectivity index (χ0) is 21.1. The standard InChI is InChI=1S/C21H27FN8/c1-14-12-18(23-13-14)25-20-26-19(24-15(2)16-4-6-17(22)7-5-16)27-21(28-20)30-10-8-29(3)9-11-30/h4-7,12,15H,8-11,13H2,1-3H3,(H2,23,24,25,26,27,28). The summed E-state index contributed by atoms with van der Waals surface area (Å²) in [6.45, 7) is 8.34. The van der Waals surface area contributed by atoms with Crippen LogP contribution in [0.2, 0.25) is 0 Å². The van der Waals surface area contributed by atoms with Gasteiger partial charge >= 0.3 is 0 Å². The Morgan fingerprint density at radius 2 is 1.70 bits per heavy atom. The number of hydrogen-bond acceptors (Lipinski definition) is 8. The highest BCUT2D eigenvalue weighted by atomic mass is 19.1. The van der Waals surface area contributed by atoms with E-state index < -0.39 is 0 Å². The lowest BCUT2D eigenvalue weighted by Crippen LogP contribution is -2.45. The maximum absolute atomic E-state index is 13.3. The van der Waals surface area contributed by atoms with Crippen LogP contribution in [0.15, 0.2) is 40.9 Å². The Labute approximate surface area is 176 Å². The van der Waals surface area contributed by atoms with E-state index in [1.807, 2.05) is 19.9 Å². The van der Waals surface area contributed by atoms with Crippen LogP contribution in [0, 0.1) is 5.82 Å². The zero-order valence-corrected chi connectivity index (χ0v) is 17.6. The summed E-state index contributed by atoms with van der Waals surface area (Å²) in [5.41, 5.74) is 2.14. The Balaban J connectivity index is 1.58. The number of amidine groups is 1. The van der Waals surface area contributed by atoms with E-state index in [1.165, 1.54) is 17.7 Å². The molecule has 1 saturated heterocycles. The number of aliphatic imine (C=N–C) groups is 1. The molecule has 1 aromatic heterocycles. The van der Waals surface area contributed by atoms with Gasteiger partial charge in [-0.05, 0) is 50.2 Å². The number of nitrogens with one attached hydrogen (secondary N) is 2. The monoisotopic (exact) mass is 410 g/mol. The van der Waals surface area contributed by atoms with Gasteiger partial charge in [0.05, 0.1) is 12.6 Å². The number of nitrogens with zero attached hydrogens (tertiary/aromatic N) is 6. The van der Waals surface area contributed by atoms with Crippen LogP contribution in [0.5, 0.6) is 0 Å². The molecular weight excluding hydrogens is 383 g/mol. The van der Waals surface area contributed by atoms with Crippen molar-refractivity contribution in [2.45, 2.75) is 19.9 Å². The van der Waals surface area contributed by atoms with Gasteiger partial charge in [-0.25, -0.2) is 4.39 Å². The lowest BCUT2D eigenvalue weighted by Gasteiger charge is -2.32. The topological polar surface area (TPSA) is 81.6 Å². The lowest BCUT2D eigenvalue weighted by molar-refractivity contribution is 0.311. The molecule has 4 rings (SSSR count). The third-order valence-corrected chi connectivity index (χ3v) is 5.25. The maximum Gasteiger partial charge on any atom is 0.234 e. The van der Waals surface area contributed by atoms with E-state index in [0.717, 1.165) is 37.6 Å². The molecule has 0 aliphatic carbocycles. The van der Waals surface area contributed by atoms with Gasteiger partial charge < -0.3 is 20.4 Å².